The van der Waals surface area contributed by atoms with Gasteiger partial charge in [-0.15, -0.1) is 11.3 Å². The van der Waals surface area contributed by atoms with Crippen molar-refractivity contribution in [3.8, 4) is 10.6 Å². The van der Waals surface area contributed by atoms with Gasteiger partial charge in [0.2, 0.25) is 0 Å². The molecule has 0 bridgehead atoms. The predicted molar refractivity (Wildman–Crippen MR) is 98.8 cm³/mol. The second kappa shape index (κ2) is 7.43. The third kappa shape index (κ3) is 3.86. The minimum absolute atomic E-state index is 0.131. The van der Waals surface area contributed by atoms with Crippen LogP contribution in [-0.2, 0) is 30.8 Å². The van der Waals surface area contributed by atoms with E-state index in [-0.39, 0.29) is 6.42 Å². The van der Waals surface area contributed by atoms with Gasteiger partial charge < -0.3 is 5.11 Å². The number of rotatable bonds is 6. The molecule has 136 valence electrons. The van der Waals surface area contributed by atoms with Crippen molar-refractivity contribution in [3.63, 3.8) is 0 Å². The summed E-state index contributed by atoms with van der Waals surface area (Å²) in [4.78, 5) is 15.7. The van der Waals surface area contributed by atoms with Gasteiger partial charge in [0.1, 0.15) is 0 Å². The van der Waals surface area contributed by atoms with Crippen LogP contribution in [-0.4, -0.2) is 42.5 Å². The number of nitrogens with zero attached hydrogens (tertiary/aromatic N) is 4. The molecule has 3 aromatic heterocycles. The van der Waals surface area contributed by atoms with E-state index in [2.05, 4.69) is 38.4 Å². The fraction of sp³-hybridized carbons (Fsp3) is 0.389. The first kappa shape index (κ1) is 17.0. The Labute approximate surface area is 155 Å². The molecule has 2 N–H and O–H groups in total. The van der Waals surface area contributed by atoms with E-state index in [4.69, 9.17) is 5.11 Å². The summed E-state index contributed by atoms with van der Waals surface area (Å²) in [5.41, 5.74) is 3.11. The van der Waals surface area contributed by atoms with Crippen LogP contribution < -0.4 is 0 Å². The summed E-state index contributed by atoms with van der Waals surface area (Å²) in [7, 11) is 0. The molecule has 7 nitrogen and oxygen atoms in total. The molecule has 0 atom stereocenters. The van der Waals surface area contributed by atoms with Crippen LogP contribution >= 0.6 is 11.3 Å². The quantitative estimate of drug-likeness (QED) is 0.696. The van der Waals surface area contributed by atoms with Crippen LogP contribution in [0.2, 0.25) is 0 Å². The lowest BCUT2D eigenvalue weighted by molar-refractivity contribution is -0.136. The fourth-order valence-electron chi connectivity index (χ4n) is 3.30. The third-order valence-electron chi connectivity index (χ3n) is 4.55. The van der Waals surface area contributed by atoms with Gasteiger partial charge in [-0.25, -0.2) is 0 Å². The molecule has 3 aromatic rings. The van der Waals surface area contributed by atoms with Crippen molar-refractivity contribution in [1.29, 1.82) is 0 Å². The van der Waals surface area contributed by atoms with Crippen molar-refractivity contribution >= 4 is 17.3 Å². The van der Waals surface area contributed by atoms with Gasteiger partial charge in [0.25, 0.3) is 0 Å². The second-order valence-electron chi connectivity index (χ2n) is 6.54. The maximum absolute atomic E-state index is 10.8. The van der Waals surface area contributed by atoms with Crippen molar-refractivity contribution in [2.45, 2.75) is 38.9 Å². The number of fused-ring (bicyclic) bond motifs is 1. The summed E-state index contributed by atoms with van der Waals surface area (Å²) in [6.07, 6.45) is 3.44. The molecule has 0 fully saturated rings. The first-order valence-electron chi connectivity index (χ1n) is 8.75. The number of aromatic nitrogens is 4. The van der Waals surface area contributed by atoms with E-state index in [1.165, 1.54) is 15.4 Å². The number of hydrogen-bond acceptors (Lipinski definition) is 5. The topological polar surface area (TPSA) is 87.0 Å². The molecule has 4 heterocycles. The van der Waals surface area contributed by atoms with Crippen LogP contribution in [0.15, 0.2) is 30.5 Å². The summed E-state index contributed by atoms with van der Waals surface area (Å²) >= 11 is 1.79. The summed E-state index contributed by atoms with van der Waals surface area (Å²) in [5.74, 6) is -0.777. The molecular formula is C18H21N5O2S. The third-order valence-corrected chi connectivity index (χ3v) is 5.65. The van der Waals surface area contributed by atoms with Gasteiger partial charge in [0.15, 0.2) is 0 Å². The molecule has 0 unspecified atom stereocenters. The van der Waals surface area contributed by atoms with Crippen molar-refractivity contribution in [2.75, 3.05) is 6.54 Å². The van der Waals surface area contributed by atoms with Gasteiger partial charge in [0, 0.05) is 43.7 Å². The highest BCUT2D eigenvalue weighted by molar-refractivity contribution is 7.15. The zero-order valence-electron chi connectivity index (χ0n) is 14.4. The highest BCUT2D eigenvalue weighted by Gasteiger charge is 2.18. The standard InChI is InChI=1S/C18H21N5O2S/c24-18(25)5-2-13-10-14-11-22(8-1-9-23(14)21-13)12-15-3-4-17(26-15)16-6-7-19-20-16/h3-4,6-7,10H,1-2,5,8-9,11-12H2,(H,19,20)(H,24,25). The summed E-state index contributed by atoms with van der Waals surface area (Å²) in [6.45, 7) is 3.68. The molecule has 0 saturated heterocycles. The summed E-state index contributed by atoms with van der Waals surface area (Å²) < 4.78 is 2.04. The number of H-pyrrole nitrogens is 1. The second-order valence-corrected chi connectivity index (χ2v) is 7.71. The van der Waals surface area contributed by atoms with Crippen LogP contribution in [0.25, 0.3) is 10.6 Å². The smallest absolute Gasteiger partial charge is 0.303 e. The zero-order chi connectivity index (χ0) is 17.9. The molecule has 1 aliphatic rings. The number of carbonyl (C=O) groups is 1. The molecule has 0 radical (unpaired) electrons. The minimum atomic E-state index is -0.777. The molecule has 26 heavy (non-hydrogen) atoms. The molecule has 4 rings (SSSR count). The largest absolute Gasteiger partial charge is 0.481 e. The van der Waals surface area contributed by atoms with E-state index in [1.54, 1.807) is 17.5 Å². The lowest BCUT2D eigenvalue weighted by atomic mass is 10.2. The van der Waals surface area contributed by atoms with Crippen LogP contribution in [0.1, 0.15) is 29.1 Å². The van der Waals surface area contributed by atoms with Gasteiger partial charge in [-0.3, -0.25) is 19.5 Å². The van der Waals surface area contributed by atoms with E-state index in [0.717, 1.165) is 44.0 Å². The summed E-state index contributed by atoms with van der Waals surface area (Å²) in [5, 5.41) is 20.5. The first-order chi connectivity index (χ1) is 12.7. The van der Waals surface area contributed by atoms with E-state index in [1.807, 2.05) is 10.7 Å². The normalized spacial score (nSPS) is 14.9. The van der Waals surface area contributed by atoms with E-state index in [0.29, 0.717) is 6.42 Å². The van der Waals surface area contributed by atoms with E-state index >= 15 is 0 Å². The van der Waals surface area contributed by atoms with Crippen molar-refractivity contribution in [2.24, 2.45) is 0 Å². The Kier molecular flexibility index (Phi) is 4.85. The number of aryl methyl sites for hydroxylation is 2. The van der Waals surface area contributed by atoms with Crippen molar-refractivity contribution in [1.82, 2.24) is 24.9 Å². The Bertz CT molecular complexity index is 883. The Morgan fingerprint density at radius 1 is 1.31 bits per heavy atom. The zero-order valence-corrected chi connectivity index (χ0v) is 15.2. The Morgan fingerprint density at radius 2 is 2.23 bits per heavy atom. The lowest BCUT2D eigenvalue weighted by Gasteiger charge is -2.18. The number of aromatic amines is 1. The lowest BCUT2D eigenvalue weighted by Crippen LogP contribution is -2.22. The molecular weight excluding hydrogens is 350 g/mol. The molecule has 0 aliphatic carbocycles. The maximum atomic E-state index is 10.8. The fourth-order valence-corrected chi connectivity index (χ4v) is 4.33. The van der Waals surface area contributed by atoms with E-state index < -0.39 is 5.97 Å². The van der Waals surface area contributed by atoms with Gasteiger partial charge in [-0.05, 0) is 30.7 Å². The first-order valence-corrected chi connectivity index (χ1v) is 9.57. The molecule has 0 aromatic carbocycles. The highest BCUT2D eigenvalue weighted by Crippen LogP contribution is 2.28. The van der Waals surface area contributed by atoms with Gasteiger partial charge in [0.05, 0.1) is 28.4 Å². The molecule has 0 saturated carbocycles. The van der Waals surface area contributed by atoms with Crippen LogP contribution in [0, 0.1) is 0 Å². The number of aliphatic carboxylic acids is 1. The Hall–Kier alpha value is -2.45. The van der Waals surface area contributed by atoms with Crippen LogP contribution in [0.5, 0.6) is 0 Å². The molecule has 8 heteroatoms. The SMILES string of the molecule is O=C(O)CCc1cc2n(n1)CCCN(Cc1ccc(-c3ccn[nH]3)s1)C2. The van der Waals surface area contributed by atoms with Crippen LogP contribution in [0.3, 0.4) is 0 Å². The Balaban J connectivity index is 1.43. The number of carboxylic acid groups (broad SMARTS) is 1. The average Bonchev–Trinajstić information content (AvgIpc) is 3.33. The van der Waals surface area contributed by atoms with Gasteiger partial charge in [-0.2, -0.15) is 10.2 Å². The monoisotopic (exact) mass is 371 g/mol. The molecule has 1 aliphatic heterocycles. The number of hydrogen-bond donors (Lipinski definition) is 2. The van der Waals surface area contributed by atoms with Crippen LogP contribution in [0.4, 0.5) is 0 Å². The van der Waals surface area contributed by atoms with E-state index in [9.17, 15) is 4.79 Å². The highest BCUT2D eigenvalue weighted by atomic mass is 32.1. The average molecular weight is 371 g/mol. The van der Waals surface area contributed by atoms with Crippen molar-refractivity contribution in [3.05, 3.63) is 46.7 Å². The number of nitrogens with one attached hydrogen (secondary N) is 1. The summed E-state index contributed by atoms with van der Waals surface area (Å²) in [6, 6.07) is 8.37. The Morgan fingerprint density at radius 3 is 3.04 bits per heavy atom. The maximum Gasteiger partial charge on any atom is 0.303 e. The number of carboxylic acids is 1. The van der Waals surface area contributed by atoms with Gasteiger partial charge in [-0.1, -0.05) is 0 Å². The predicted octanol–water partition coefficient (Wildman–Crippen LogP) is 2.76. The number of thiophene rings is 1. The van der Waals surface area contributed by atoms with Gasteiger partial charge >= 0.3 is 5.97 Å². The minimum Gasteiger partial charge on any atom is -0.481 e. The molecule has 0 spiro atoms. The van der Waals surface area contributed by atoms with Crippen molar-refractivity contribution < 1.29 is 9.90 Å². The molecule has 0 amide bonds.